The maximum Gasteiger partial charge on any atom is 0.227 e. The zero-order valence-corrected chi connectivity index (χ0v) is 13.3. The van der Waals surface area contributed by atoms with E-state index in [1.165, 1.54) is 12.1 Å². The summed E-state index contributed by atoms with van der Waals surface area (Å²) in [5, 5.41) is 0. The van der Waals surface area contributed by atoms with Crippen molar-refractivity contribution >= 4 is 11.9 Å². The predicted octanol–water partition coefficient (Wildman–Crippen LogP) is 2.04. The average Bonchev–Trinajstić information content (AvgIpc) is 3.19. The lowest BCUT2D eigenvalue weighted by Crippen LogP contribution is -2.40. The Morgan fingerprint density at radius 2 is 1.79 bits per heavy atom. The van der Waals surface area contributed by atoms with Crippen LogP contribution in [0.15, 0.2) is 42.7 Å². The summed E-state index contributed by atoms with van der Waals surface area (Å²) in [7, 11) is 0. The normalized spacial score (nSPS) is 22.7. The van der Waals surface area contributed by atoms with Crippen molar-refractivity contribution in [3.63, 3.8) is 0 Å². The Morgan fingerprint density at radius 1 is 1.08 bits per heavy atom. The number of rotatable bonds is 3. The highest BCUT2D eigenvalue weighted by Gasteiger charge is 2.44. The molecule has 2 saturated heterocycles. The Balaban J connectivity index is 1.45. The number of carbonyl (C=O) groups is 1. The summed E-state index contributed by atoms with van der Waals surface area (Å²) in [6.45, 7) is 1.64. The van der Waals surface area contributed by atoms with Gasteiger partial charge in [-0.15, -0.1) is 0 Å². The van der Waals surface area contributed by atoms with Gasteiger partial charge in [0.2, 0.25) is 11.9 Å². The second kappa shape index (κ2) is 6.19. The second-order valence-corrected chi connectivity index (χ2v) is 6.34. The largest absolute Gasteiger partial charge is 0.337 e. The van der Waals surface area contributed by atoms with Crippen LogP contribution in [0.5, 0.6) is 0 Å². The summed E-state index contributed by atoms with van der Waals surface area (Å²) in [6, 6.07) is 8.49. The lowest BCUT2D eigenvalue weighted by atomic mass is 10.1. The van der Waals surface area contributed by atoms with Crippen LogP contribution in [0.1, 0.15) is 18.4 Å². The molecule has 0 saturated carbocycles. The number of benzene rings is 1. The van der Waals surface area contributed by atoms with Gasteiger partial charge in [-0.05, 0) is 36.6 Å². The fourth-order valence-electron chi connectivity index (χ4n) is 3.86. The molecule has 1 aromatic carbocycles. The topological polar surface area (TPSA) is 49.3 Å². The summed E-state index contributed by atoms with van der Waals surface area (Å²) in [4.78, 5) is 25.6. The monoisotopic (exact) mass is 326 g/mol. The quantitative estimate of drug-likeness (QED) is 0.866. The molecule has 2 fully saturated rings. The number of carbonyl (C=O) groups excluding carboxylic acids is 1. The molecule has 6 heteroatoms. The first-order chi connectivity index (χ1) is 11.7. The van der Waals surface area contributed by atoms with Gasteiger partial charge >= 0.3 is 0 Å². The summed E-state index contributed by atoms with van der Waals surface area (Å²) < 4.78 is 13.0. The molecule has 1 aromatic heterocycles. The molecule has 24 heavy (non-hydrogen) atoms. The summed E-state index contributed by atoms with van der Waals surface area (Å²) in [5.74, 6) is 0.588. The Bertz CT molecular complexity index is 722. The van der Waals surface area contributed by atoms with Gasteiger partial charge < -0.3 is 9.80 Å². The lowest BCUT2D eigenvalue weighted by molar-refractivity contribution is -0.131. The van der Waals surface area contributed by atoms with E-state index < -0.39 is 0 Å². The third-order valence-electron chi connectivity index (χ3n) is 4.97. The molecule has 0 spiro atoms. The highest BCUT2D eigenvalue weighted by atomic mass is 19.1. The minimum atomic E-state index is -0.276. The molecule has 2 aromatic rings. The highest BCUT2D eigenvalue weighted by molar-refractivity contribution is 5.79. The zero-order valence-electron chi connectivity index (χ0n) is 13.3. The van der Waals surface area contributed by atoms with Gasteiger partial charge in [-0.25, -0.2) is 14.4 Å². The Hall–Kier alpha value is -2.50. The van der Waals surface area contributed by atoms with Crippen LogP contribution in [0.3, 0.4) is 0 Å². The van der Waals surface area contributed by atoms with E-state index in [9.17, 15) is 9.18 Å². The first-order valence-corrected chi connectivity index (χ1v) is 8.30. The molecule has 0 unspecified atom stereocenters. The van der Waals surface area contributed by atoms with Gasteiger partial charge in [-0.2, -0.15) is 0 Å². The van der Waals surface area contributed by atoms with Crippen LogP contribution in [0.2, 0.25) is 0 Å². The maximum absolute atomic E-state index is 13.0. The molecule has 0 radical (unpaired) electrons. The van der Waals surface area contributed by atoms with E-state index >= 15 is 0 Å². The molecular weight excluding hydrogens is 307 g/mol. The number of hydrogen-bond acceptors (Lipinski definition) is 4. The minimum Gasteiger partial charge on any atom is -0.337 e. The molecule has 4 rings (SSSR count). The SMILES string of the molecule is O=C(Cc1ccc(F)cc1)N1CC[C@H]2[C@@H]1CCN2c1ncccn1. The molecule has 5 nitrogen and oxygen atoms in total. The molecule has 0 aliphatic carbocycles. The highest BCUT2D eigenvalue weighted by Crippen LogP contribution is 2.33. The van der Waals surface area contributed by atoms with Gasteiger partial charge in [0.25, 0.3) is 0 Å². The molecule has 2 aliphatic heterocycles. The smallest absolute Gasteiger partial charge is 0.227 e. The molecule has 1 amide bonds. The first-order valence-electron chi connectivity index (χ1n) is 8.30. The van der Waals surface area contributed by atoms with Gasteiger partial charge in [0.1, 0.15) is 5.82 Å². The fraction of sp³-hybridized carbons (Fsp3) is 0.389. The molecule has 0 N–H and O–H groups in total. The third-order valence-corrected chi connectivity index (χ3v) is 4.97. The van der Waals surface area contributed by atoms with E-state index in [1.54, 1.807) is 24.5 Å². The summed E-state index contributed by atoms with van der Waals surface area (Å²) in [6.07, 6.45) is 5.71. The molecule has 0 bridgehead atoms. The zero-order chi connectivity index (χ0) is 16.5. The number of nitrogens with zero attached hydrogens (tertiary/aromatic N) is 4. The van der Waals surface area contributed by atoms with Gasteiger partial charge in [0.05, 0.1) is 18.5 Å². The van der Waals surface area contributed by atoms with Crippen molar-refractivity contribution in [1.29, 1.82) is 0 Å². The van der Waals surface area contributed by atoms with Crippen LogP contribution in [-0.2, 0) is 11.2 Å². The van der Waals surface area contributed by atoms with Crippen LogP contribution in [0.4, 0.5) is 10.3 Å². The molecule has 2 aliphatic rings. The van der Waals surface area contributed by atoms with Gasteiger partial charge in [0, 0.05) is 25.5 Å². The van der Waals surface area contributed by atoms with Crippen LogP contribution in [-0.4, -0.2) is 45.9 Å². The standard InChI is InChI=1S/C18H19FN4O/c19-14-4-2-13(3-5-14)12-17(24)22-10-6-16-15(22)7-11-23(16)18-20-8-1-9-21-18/h1-5,8-9,15-16H,6-7,10-12H2/t15-,16-/m0/s1. The van der Waals surface area contributed by atoms with Crippen molar-refractivity contribution in [3.05, 3.63) is 54.1 Å². The van der Waals surface area contributed by atoms with E-state index in [0.29, 0.717) is 12.5 Å². The molecule has 124 valence electrons. The Kier molecular flexibility index (Phi) is 3.88. The number of hydrogen-bond donors (Lipinski definition) is 0. The fourth-order valence-corrected chi connectivity index (χ4v) is 3.86. The van der Waals surface area contributed by atoms with Crippen molar-refractivity contribution in [2.45, 2.75) is 31.3 Å². The Morgan fingerprint density at radius 3 is 2.54 bits per heavy atom. The summed E-state index contributed by atoms with van der Waals surface area (Å²) in [5.41, 5.74) is 0.853. The van der Waals surface area contributed by atoms with E-state index in [0.717, 1.165) is 37.4 Å². The van der Waals surface area contributed by atoms with Crippen molar-refractivity contribution in [2.24, 2.45) is 0 Å². The van der Waals surface area contributed by atoms with Crippen molar-refractivity contribution in [3.8, 4) is 0 Å². The minimum absolute atomic E-state index is 0.116. The van der Waals surface area contributed by atoms with Gasteiger partial charge in [-0.1, -0.05) is 12.1 Å². The predicted molar refractivity (Wildman–Crippen MR) is 88.0 cm³/mol. The van der Waals surface area contributed by atoms with Crippen LogP contribution in [0, 0.1) is 5.82 Å². The third kappa shape index (κ3) is 2.72. The van der Waals surface area contributed by atoms with Gasteiger partial charge in [-0.3, -0.25) is 4.79 Å². The van der Waals surface area contributed by atoms with E-state index in [4.69, 9.17) is 0 Å². The average molecular weight is 326 g/mol. The maximum atomic E-state index is 13.0. The van der Waals surface area contributed by atoms with Crippen LogP contribution in [0.25, 0.3) is 0 Å². The van der Waals surface area contributed by atoms with Crippen molar-refractivity contribution in [1.82, 2.24) is 14.9 Å². The molecule has 2 atom stereocenters. The lowest BCUT2D eigenvalue weighted by Gasteiger charge is -2.25. The number of fused-ring (bicyclic) bond motifs is 1. The van der Waals surface area contributed by atoms with E-state index in [1.807, 2.05) is 11.0 Å². The van der Waals surface area contributed by atoms with Gasteiger partial charge in [0.15, 0.2) is 0 Å². The number of amides is 1. The first kappa shape index (κ1) is 15.1. The van der Waals surface area contributed by atoms with Crippen molar-refractivity contribution < 1.29 is 9.18 Å². The molecule has 3 heterocycles. The number of aromatic nitrogens is 2. The number of likely N-dealkylation sites (tertiary alicyclic amines) is 1. The van der Waals surface area contributed by atoms with Crippen LogP contribution < -0.4 is 4.90 Å². The van der Waals surface area contributed by atoms with Crippen molar-refractivity contribution in [2.75, 3.05) is 18.0 Å². The van der Waals surface area contributed by atoms with E-state index in [-0.39, 0.29) is 17.8 Å². The number of halogens is 1. The Labute approximate surface area is 140 Å². The molecular formula is C18H19FN4O. The summed E-state index contributed by atoms with van der Waals surface area (Å²) >= 11 is 0. The second-order valence-electron chi connectivity index (χ2n) is 6.34. The van der Waals surface area contributed by atoms with E-state index in [2.05, 4.69) is 14.9 Å². The van der Waals surface area contributed by atoms with Crippen LogP contribution >= 0.6 is 0 Å². The number of anilines is 1.